The van der Waals surface area contributed by atoms with Crippen molar-refractivity contribution in [2.24, 2.45) is 11.8 Å². The summed E-state index contributed by atoms with van der Waals surface area (Å²) in [7, 11) is 0. The molecule has 10 heteroatoms. The van der Waals surface area contributed by atoms with Gasteiger partial charge in [-0.25, -0.2) is 9.37 Å². The Morgan fingerprint density at radius 2 is 1.91 bits per heavy atom. The van der Waals surface area contributed by atoms with Gasteiger partial charge in [0.25, 0.3) is 5.91 Å². The molecular weight excluding hydrogens is 475 g/mol. The molecule has 1 saturated carbocycles. The largest absolute Gasteiger partial charge is 0.377 e. The fourth-order valence-electron chi connectivity index (χ4n) is 3.63. The summed E-state index contributed by atoms with van der Waals surface area (Å²) in [6.45, 7) is 8.26. The number of ether oxygens (including phenoxy) is 1. The first-order valence-electron chi connectivity index (χ1n) is 11.8. The van der Waals surface area contributed by atoms with Gasteiger partial charge in [0.2, 0.25) is 5.91 Å². The number of hydrogen-bond donors (Lipinski definition) is 3. The average Bonchev–Trinajstić information content (AvgIpc) is 3.30. The molecule has 3 N–H and O–H groups in total. The Hall–Kier alpha value is -2.78. The predicted octanol–water partition coefficient (Wildman–Crippen LogP) is 5.01. The number of nitrogens with one attached hydrogen (secondary N) is 3. The van der Waals surface area contributed by atoms with Gasteiger partial charge in [0, 0.05) is 19.4 Å². The Labute approximate surface area is 210 Å². The van der Waals surface area contributed by atoms with Crippen LogP contribution in [0.2, 0.25) is 5.02 Å². The molecule has 0 saturated heterocycles. The van der Waals surface area contributed by atoms with Gasteiger partial charge in [-0.2, -0.15) is 0 Å². The summed E-state index contributed by atoms with van der Waals surface area (Å²) in [4.78, 5) is 41.3. The fourth-order valence-corrected chi connectivity index (χ4v) is 3.84. The van der Waals surface area contributed by atoms with Crippen molar-refractivity contribution in [2.45, 2.75) is 59.5 Å². The van der Waals surface area contributed by atoms with Gasteiger partial charge in [0.05, 0.1) is 29.7 Å². The quantitative estimate of drug-likeness (QED) is 0.342. The number of aromatic amines is 1. The number of H-pyrrole nitrogens is 1. The van der Waals surface area contributed by atoms with Crippen LogP contribution in [0.1, 0.15) is 74.4 Å². The van der Waals surface area contributed by atoms with Crippen LogP contribution >= 0.6 is 11.6 Å². The Bertz CT molecular complexity index is 1000. The van der Waals surface area contributed by atoms with Crippen molar-refractivity contribution in [3.63, 3.8) is 0 Å². The molecule has 1 fully saturated rings. The molecule has 192 valence electrons. The van der Waals surface area contributed by atoms with Crippen LogP contribution in [-0.4, -0.2) is 46.8 Å². The van der Waals surface area contributed by atoms with Crippen molar-refractivity contribution in [3.8, 4) is 0 Å². The lowest BCUT2D eigenvalue weighted by atomic mass is 9.82. The summed E-state index contributed by atoms with van der Waals surface area (Å²) >= 11 is 5.88. The summed E-state index contributed by atoms with van der Waals surface area (Å²) in [5.74, 6) is -0.222. The van der Waals surface area contributed by atoms with Crippen molar-refractivity contribution >= 4 is 34.9 Å². The van der Waals surface area contributed by atoms with Gasteiger partial charge in [-0.15, -0.1) is 0 Å². The number of aromatic nitrogens is 2. The predicted molar refractivity (Wildman–Crippen MR) is 133 cm³/mol. The van der Waals surface area contributed by atoms with E-state index in [2.05, 4.69) is 27.5 Å². The maximum atomic E-state index is 12.9. The van der Waals surface area contributed by atoms with E-state index in [1.165, 1.54) is 31.5 Å². The lowest BCUT2D eigenvalue weighted by Crippen LogP contribution is -2.29. The number of ketones is 1. The molecule has 8 nitrogen and oxygen atoms in total. The van der Waals surface area contributed by atoms with Crippen LogP contribution in [-0.2, 0) is 9.53 Å². The first-order chi connectivity index (χ1) is 16.6. The van der Waals surface area contributed by atoms with E-state index >= 15 is 0 Å². The molecule has 0 bridgehead atoms. The Kier molecular flexibility index (Phi) is 11.3. The van der Waals surface area contributed by atoms with Crippen LogP contribution in [0.25, 0.3) is 0 Å². The first kappa shape index (κ1) is 28.5. The monoisotopic (exact) mass is 508 g/mol. The molecule has 0 unspecified atom stereocenters. The zero-order valence-corrected chi connectivity index (χ0v) is 21.4. The van der Waals surface area contributed by atoms with Crippen LogP contribution in [0.15, 0.2) is 24.5 Å². The van der Waals surface area contributed by atoms with Gasteiger partial charge >= 0.3 is 0 Å². The van der Waals surface area contributed by atoms with Crippen molar-refractivity contribution in [1.82, 2.24) is 15.3 Å². The lowest BCUT2D eigenvalue weighted by Gasteiger charge is -2.25. The van der Waals surface area contributed by atoms with Gasteiger partial charge in [-0.3, -0.25) is 14.4 Å². The summed E-state index contributed by atoms with van der Waals surface area (Å²) in [6, 6.07) is 4.01. The molecule has 1 heterocycles. The highest BCUT2D eigenvalue weighted by atomic mass is 35.5. The number of anilines is 1. The van der Waals surface area contributed by atoms with Gasteiger partial charge in [-0.05, 0) is 63.6 Å². The van der Waals surface area contributed by atoms with Crippen molar-refractivity contribution < 1.29 is 23.5 Å². The van der Waals surface area contributed by atoms with E-state index in [4.69, 9.17) is 16.3 Å². The highest BCUT2D eigenvalue weighted by Gasteiger charge is 2.24. The third kappa shape index (κ3) is 9.41. The minimum atomic E-state index is -0.399. The van der Waals surface area contributed by atoms with Crippen LogP contribution in [0, 0.1) is 17.7 Å². The second kappa shape index (κ2) is 13.9. The highest BCUT2D eigenvalue weighted by Crippen LogP contribution is 2.30. The summed E-state index contributed by atoms with van der Waals surface area (Å²) in [6.07, 6.45) is 5.49. The van der Waals surface area contributed by atoms with Crippen LogP contribution in [0.3, 0.4) is 0 Å². The molecule has 1 aromatic carbocycles. The Morgan fingerprint density at radius 1 is 1.23 bits per heavy atom. The minimum Gasteiger partial charge on any atom is -0.377 e. The van der Waals surface area contributed by atoms with Crippen LogP contribution < -0.4 is 10.6 Å². The number of carbonyl (C=O) groups is 3. The average molecular weight is 509 g/mol. The normalized spacial score (nSPS) is 17.3. The summed E-state index contributed by atoms with van der Waals surface area (Å²) < 4.78 is 18.2. The molecule has 2 amide bonds. The zero-order valence-electron chi connectivity index (χ0n) is 20.6. The third-order valence-corrected chi connectivity index (χ3v) is 5.93. The number of Topliss-reactive ketones (excluding diaryl/α,β-unsaturated/α-hetero) is 1. The van der Waals surface area contributed by atoms with E-state index < -0.39 is 5.82 Å². The van der Waals surface area contributed by atoms with Gasteiger partial charge in [0.15, 0.2) is 5.78 Å². The maximum absolute atomic E-state index is 12.9. The first-order valence-corrected chi connectivity index (χ1v) is 12.2. The number of nitrogens with zero attached hydrogens (tertiary/aromatic N) is 1. The van der Waals surface area contributed by atoms with Crippen LogP contribution in [0.5, 0.6) is 0 Å². The van der Waals surface area contributed by atoms with Gasteiger partial charge in [0.1, 0.15) is 17.2 Å². The van der Waals surface area contributed by atoms with Gasteiger partial charge < -0.3 is 20.4 Å². The molecule has 2 aromatic rings. The standard InChI is InChI=1S/C14H17ClFNO.C11H17N3O3/c1-9-2-4-10(5-3-9)14(18)17-13-7-6-11(16)8-12(13)15;1-7(2)17-5-4-12-11(16)10-9(8(3)15)13-6-14-10/h6-10H,2-5H2,1H3,(H,17,18);6-7H,4-5H2,1-3H3,(H,12,16)(H,13,14). The second-order valence-electron chi connectivity index (χ2n) is 8.93. The summed E-state index contributed by atoms with van der Waals surface area (Å²) in [5, 5.41) is 5.68. The van der Waals surface area contributed by atoms with E-state index in [1.54, 1.807) is 0 Å². The number of halogens is 2. The highest BCUT2D eigenvalue weighted by molar-refractivity contribution is 6.33. The van der Waals surface area contributed by atoms with E-state index in [0.717, 1.165) is 25.7 Å². The molecule has 35 heavy (non-hydrogen) atoms. The second-order valence-corrected chi connectivity index (χ2v) is 9.34. The molecule has 0 aliphatic heterocycles. The molecule has 3 rings (SSSR count). The van der Waals surface area contributed by atoms with Crippen molar-refractivity contribution in [3.05, 3.63) is 46.8 Å². The molecule has 1 aliphatic rings. The molecule has 1 aromatic heterocycles. The third-order valence-electron chi connectivity index (χ3n) is 5.61. The summed E-state index contributed by atoms with van der Waals surface area (Å²) in [5.41, 5.74) is 0.844. The van der Waals surface area contributed by atoms with Crippen molar-refractivity contribution in [1.29, 1.82) is 0 Å². The molecule has 1 aliphatic carbocycles. The molecule has 0 spiro atoms. The van der Waals surface area contributed by atoms with E-state index in [1.807, 2.05) is 13.8 Å². The van der Waals surface area contributed by atoms with Crippen molar-refractivity contribution in [2.75, 3.05) is 18.5 Å². The minimum absolute atomic E-state index is 0.00425. The van der Waals surface area contributed by atoms with Crippen LogP contribution in [0.4, 0.5) is 10.1 Å². The van der Waals surface area contributed by atoms with E-state index in [9.17, 15) is 18.8 Å². The SMILES string of the molecule is CC(=O)c1nc[nH]c1C(=O)NCCOC(C)C.CC1CCC(C(=O)Nc2ccc(F)cc2Cl)CC1. The smallest absolute Gasteiger partial charge is 0.270 e. The molecular formula is C25H34ClFN4O4. The number of benzene rings is 1. The maximum Gasteiger partial charge on any atom is 0.270 e. The lowest BCUT2D eigenvalue weighted by molar-refractivity contribution is -0.121. The number of carbonyl (C=O) groups excluding carboxylic acids is 3. The molecule has 0 radical (unpaired) electrons. The number of rotatable bonds is 8. The topological polar surface area (TPSA) is 113 Å². The number of amides is 2. The Morgan fingerprint density at radius 3 is 2.51 bits per heavy atom. The number of hydrogen-bond acceptors (Lipinski definition) is 5. The molecule has 0 atom stereocenters. The zero-order chi connectivity index (χ0) is 26.0. The van der Waals surface area contributed by atoms with Gasteiger partial charge in [-0.1, -0.05) is 18.5 Å². The number of imidazole rings is 1. The fraction of sp³-hybridized carbons (Fsp3) is 0.520. The Balaban J connectivity index is 0.000000247. The van der Waals surface area contributed by atoms with E-state index in [0.29, 0.717) is 24.8 Å². The van der Waals surface area contributed by atoms with E-state index in [-0.39, 0.29) is 46.0 Å².